The Balaban J connectivity index is 2.68. The third kappa shape index (κ3) is 3.30. The molecule has 0 unspecified atom stereocenters. The van der Waals surface area contributed by atoms with Gasteiger partial charge >= 0.3 is 11.9 Å². The largest absolute Gasteiger partial charge is 0.466 e. The number of hydrogen-bond acceptors (Lipinski definition) is 6. The summed E-state index contributed by atoms with van der Waals surface area (Å²) >= 11 is 1.40. The second kappa shape index (κ2) is 6.22. The SMILES string of the molecule is COC(=O)C1=CC(C(=O)OCSC)=CNC1. The van der Waals surface area contributed by atoms with Crippen LogP contribution in [-0.2, 0) is 19.1 Å². The summed E-state index contributed by atoms with van der Waals surface area (Å²) in [4.78, 5) is 22.7. The van der Waals surface area contributed by atoms with Gasteiger partial charge < -0.3 is 14.8 Å². The summed E-state index contributed by atoms with van der Waals surface area (Å²) in [7, 11) is 1.30. The maximum Gasteiger partial charge on any atom is 0.340 e. The number of carbonyl (C=O) groups excluding carboxylic acids is 2. The fraction of sp³-hybridized carbons (Fsp3) is 0.400. The third-order valence-corrected chi connectivity index (χ3v) is 2.22. The minimum absolute atomic E-state index is 0.289. The summed E-state index contributed by atoms with van der Waals surface area (Å²) in [6.07, 6.45) is 4.83. The standard InChI is InChI=1S/C10H13NO4S/c1-14-9(12)7-3-8(5-11-4-7)10(13)15-6-16-2/h3,5,11H,4,6H2,1-2H3. The monoisotopic (exact) mass is 243 g/mol. The van der Waals surface area contributed by atoms with Gasteiger partial charge in [0.25, 0.3) is 0 Å². The van der Waals surface area contributed by atoms with Crippen molar-refractivity contribution in [3.63, 3.8) is 0 Å². The lowest BCUT2D eigenvalue weighted by atomic mass is 10.1. The van der Waals surface area contributed by atoms with Crippen LogP contribution in [0, 0.1) is 0 Å². The molecule has 0 aromatic rings. The van der Waals surface area contributed by atoms with Crippen LogP contribution in [0.15, 0.2) is 23.4 Å². The number of rotatable bonds is 4. The van der Waals surface area contributed by atoms with Crippen molar-refractivity contribution < 1.29 is 19.1 Å². The van der Waals surface area contributed by atoms with E-state index in [1.165, 1.54) is 31.1 Å². The highest BCUT2D eigenvalue weighted by molar-refractivity contribution is 7.98. The van der Waals surface area contributed by atoms with Crippen LogP contribution in [0.2, 0.25) is 0 Å². The molecule has 1 rings (SSSR count). The van der Waals surface area contributed by atoms with Crippen molar-refractivity contribution in [3.05, 3.63) is 23.4 Å². The number of ether oxygens (including phenoxy) is 2. The predicted molar refractivity (Wildman–Crippen MR) is 60.7 cm³/mol. The predicted octanol–water partition coefficient (Wildman–Crippen LogP) is 0.437. The van der Waals surface area contributed by atoms with E-state index in [4.69, 9.17) is 4.74 Å². The van der Waals surface area contributed by atoms with Crippen LogP contribution in [0.1, 0.15) is 0 Å². The lowest BCUT2D eigenvalue weighted by Crippen LogP contribution is -2.24. The first-order chi connectivity index (χ1) is 7.69. The second-order valence-corrected chi connectivity index (χ2v) is 3.79. The van der Waals surface area contributed by atoms with Crippen LogP contribution in [0.3, 0.4) is 0 Å². The molecule has 1 aliphatic heterocycles. The zero-order chi connectivity index (χ0) is 12.0. The Kier molecular flexibility index (Phi) is 4.91. The quantitative estimate of drug-likeness (QED) is 0.571. The van der Waals surface area contributed by atoms with E-state index in [1.54, 1.807) is 0 Å². The Morgan fingerprint density at radius 3 is 2.88 bits per heavy atom. The van der Waals surface area contributed by atoms with Crippen LogP contribution in [0.25, 0.3) is 0 Å². The van der Waals surface area contributed by atoms with Crippen LogP contribution < -0.4 is 5.32 Å². The van der Waals surface area contributed by atoms with Gasteiger partial charge in [-0.05, 0) is 12.3 Å². The van der Waals surface area contributed by atoms with E-state index in [1.807, 2.05) is 6.26 Å². The highest BCUT2D eigenvalue weighted by Crippen LogP contribution is 2.10. The van der Waals surface area contributed by atoms with Gasteiger partial charge in [0.15, 0.2) is 0 Å². The van der Waals surface area contributed by atoms with Gasteiger partial charge in [-0.2, -0.15) is 0 Å². The Hall–Kier alpha value is -1.43. The Bertz CT molecular complexity index is 349. The van der Waals surface area contributed by atoms with Gasteiger partial charge in [-0.1, -0.05) is 0 Å². The molecule has 0 saturated heterocycles. The number of hydrogen-bond donors (Lipinski definition) is 1. The molecule has 0 spiro atoms. The van der Waals surface area contributed by atoms with Gasteiger partial charge in [0, 0.05) is 12.7 Å². The van der Waals surface area contributed by atoms with Crippen molar-refractivity contribution in [1.82, 2.24) is 5.32 Å². The lowest BCUT2D eigenvalue weighted by molar-refractivity contribution is -0.136. The van der Waals surface area contributed by atoms with Gasteiger partial charge in [-0.25, -0.2) is 9.59 Å². The molecular weight excluding hydrogens is 230 g/mol. The number of esters is 2. The molecular formula is C10H13NO4S. The van der Waals surface area contributed by atoms with Crippen molar-refractivity contribution in [3.8, 4) is 0 Å². The van der Waals surface area contributed by atoms with Gasteiger partial charge in [0.1, 0.15) is 5.94 Å². The highest BCUT2D eigenvalue weighted by Gasteiger charge is 2.17. The summed E-state index contributed by atoms with van der Waals surface area (Å²) < 4.78 is 9.48. The maximum absolute atomic E-state index is 11.5. The zero-order valence-corrected chi connectivity index (χ0v) is 9.93. The van der Waals surface area contributed by atoms with Crippen LogP contribution in [0.4, 0.5) is 0 Å². The van der Waals surface area contributed by atoms with Gasteiger partial charge in [0.05, 0.1) is 18.3 Å². The van der Waals surface area contributed by atoms with Crippen LogP contribution >= 0.6 is 11.8 Å². The van der Waals surface area contributed by atoms with Crippen molar-refractivity contribution in [2.75, 3.05) is 25.8 Å². The van der Waals surface area contributed by atoms with Gasteiger partial charge in [0.2, 0.25) is 0 Å². The second-order valence-electron chi connectivity index (χ2n) is 2.98. The van der Waals surface area contributed by atoms with Crippen LogP contribution in [0.5, 0.6) is 0 Å². The number of nitrogens with one attached hydrogen (secondary N) is 1. The fourth-order valence-electron chi connectivity index (χ4n) is 1.13. The first-order valence-electron chi connectivity index (χ1n) is 4.57. The molecule has 1 aliphatic rings. The van der Waals surface area contributed by atoms with Crippen molar-refractivity contribution >= 4 is 23.7 Å². The Labute approximate surface area is 97.9 Å². The van der Waals surface area contributed by atoms with E-state index in [0.29, 0.717) is 17.7 Å². The average molecular weight is 243 g/mol. The summed E-state index contributed by atoms with van der Waals surface area (Å²) in [5.74, 6) is -0.615. The summed E-state index contributed by atoms with van der Waals surface area (Å²) in [5, 5.41) is 2.82. The molecule has 5 nitrogen and oxygen atoms in total. The highest BCUT2D eigenvalue weighted by atomic mass is 32.2. The fourth-order valence-corrected chi connectivity index (χ4v) is 1.35. The van der Waals surface area contributed by atoms with E-state index >= 15 is 0 Å². The summed E-state index contributed by atoms with van der Waals surface area (Å²) in [5.41, 5.74) is 0.724. The zero-order valence-electron chi connectivity index (χ0n) is 9.11. The summed E-state index contributed by atoms with van der Waals surface area (Å²) in [6.45, 7) is 0.353. The third-order valence-electron chi connectivity index (χ3n) is 1.87. The molecule has 88 valence electrons. The number of dihydropyridines is 1. The summed E-state index contributed by atoms with van der Waals surface area (Å²) in [6, 6.07) is 0. The number of methoxy groups -OCH3 is 1. The molecule has 16 heavy (non-hydrogen) atoms. The molecule has 0 fully saturated rings. The molecule has 1 heterocycles. The average Bonchev–Trinajstić information content (AvgIpc) is 2.35. The molecule has 0 radical (unpaired) electrons. The molecule has 0 amide bonds. The first kappa shape index (κ1) is 12.6. The Morgan fingerprint density at radius 2 is 2.25 bits per heavy atom. The van der Waals surface area contributed by atoms with Gasteiger partial charge in [-0.3, -0.25) is 0 Å². The topological polar surface area (TPSA) is 64.6 Å². The lowest BCUT2D eigenvalue weighted by Gasteiger charge is -2.13. The molecule has 0 bridgehead atoms. The minimum Gasteiger partial charge on any atom is -0.466 e. The molecule has 0 aromatic heterocycles. The van der Waals surface area contributed by atoms with Crippen LogP contribution in [-0.4, -0.2) is 37.8 Å². The molecule has 6 heteroatoms. The minimum atomic E-state index is -0.456. The van der Waals surface area contributed by atoms with E-state index in [0.717, 1.165) is 0 Å². The molecule has 0 saturated carbocycles. The molecule has 1 N–H and O–H groups in total. The smallest absolute Gasteiger partial charge is 0.340 e. The van der Waals surface area contributed by atoms with Gasteiger partial charge in [-0.15, -0.1) is 11.8 Å². The van der Waals surface area contributed by atoms with Crippen molar-refractivity contribution in [2.45, 2.75) is 0 Å². The molecule has 0 atom stereocenters. The number of carbonyl (C=O) groups is 2. The normalized spacial score (nSPS) is 14.4. The van der Waals surface area contributed by atoms with E-state index in [2.05, 4.69) is 10.1 Å². The van der Waals surface area contributed by atoms with E-state index < -0.39 is 11.9 Å². The molecule has 0 aliphatic carbocycles. The Morgan fingerprint density at radius 1 is 1.50 bits per heavy atom. The molecule has 0 aromatic carbocycles. The van der Waals surface area contributed by atoms with Crippen molar-refractivity contribution in [2.24, 2.45) is 0 Å². The van der Waals surface area contributed by atoms with Crippen molar-refractivity contribution in [1.29, 1.82) is 0 Å². The maximum atomic E-state index is 11.5. The van der Waals surface area contributed by atoms with E-state index in [-0.39, 0.29) is 5.94 Å². The van der Waals surface area contributed by atoms with E-state index in [9.17, 15) is 9.59 Å². The number of thioether (sulfide) groups is 1. The first-order valence-corrected chi connectivity index (χ1v) is 5.97.